The molecule has 5 rings (SSSR count). The number of para-hydroxylation sites is 2. The molecule has 1 amide bonds. The molecule has 0 atom stereocenters. The smallest absolute Gasteiger partial charge is 0.308 e. The van der Waals surface area contributed by atoms with E-state index in [1.807, 2.05) is 5.16 Å². The number of ether oxygens (including phenoxy) is 1. The first-order chi connectivity index (χ1) is 19.2. The van der Waals surface area contributed by atoms with Gasteiger partial charge in [0, 0.05) is 22.7 Å². The molecule has 40 heavy (non-hydrogen) atoms. The van der Waals surface area contributed by atoms with Gasteiger partial charge in [0.15, 0.2) is 11.6 Å². The van der Waals surface area contributed by atoms with Gasteiger partial charge in [-0.25, -0.2) is 27.2 Å². The molecular formula is C26H18ClF4N5O4. The van der Waals surface area contributed by atoms with E-state index in [1.165, 1.54) is 22.9 Å². The molecule has 3 aromatic carbocycles. The van der Waals surface area contributed by atoms with Crippen LogP contribution < -0.4 is 21.0 Å². The molecule has 3 N–H and O–H groups in total. The van der Waals surface area contributed by atoms with E-state index in [0.717, 1.165) is 18.2 Å². The number of hydrogen-bond acceptors (Lipinski definition) is 6. The summed E-state index contributed by atoms with van der Waals surface area (Å²) >= 11 is 5.94. The third kappa shape index (κ3) is 5.64. The number of benzene rings is 3. The molecule has 0 fully saturated rings. The Kier molecular flexibility index (Phi) is 7.47. The second-order valence-electron chi connectivity index (χ2n) is 8.40. The molecular weight excluding hydrogens is 558 g/mol. The highest BCUT2D eigenvalue weighted by molar-refractivity contribution is 6.31. The van der Waals surface area contributed by atoms with Crippen LogP contribution >= 0.6 is 11.6 Å². The Morgan fingerprint density at radius 1 is 1.10 bits per heavy atom. The number of aromatic nitrogens is 3. The summed E-state index contributed by atoms with van der Waals surface area (Å²) in [6.07, 6.45) is -2.84. The van der Waals surface area contributed by atoms with E-state index in [2.05, 4.69) is 15.7 Å². The van der Waals surface area contributed by atoms with Crippen LogP contribution in [0.3, 0.4) is 0 Å². The Balaban J connectivity index is 1.40. The Morgan fingerprint density at radius 3 is 2.62 bits per heavy atom. The lowest BCUT2D eigenvalue weighted by Gasteiger charge is -2.15. The molecule has 0 saturated carbocycles. The molecule has 2 aromatic heterocycles. The van der Waals surface area contributed by atoms with Crippen molar-refractivity contribution in [3.05, 3.63) is 99.0 Å². The van der Waals surface area contributed by atoms with Crippen LogP contribution in [0.5, 0.6) is 5.75 Å². The lowest BCUT2D eigenvalue weighted by molar-refractivity contribution is 0.0802. The predicted molar refractivity (Wildman–Crippen MR) is 138 cm³/mol. The maximum absolute atomic E-state index is 15.2. The zero-order chi connectivity index (χ0) is 28.4. The van der Waals surface area contributed by atoms with Crippen LogP contribution in [-0.2, 0) is 6.54 Å². The van der Waals surface area contributed by atoms with E-state index < -0.39 is 41.9 Å². The second-order valence-corrected chi connectivity index (χ2v) is 8.84. The van der Waals surface area contributed by atoms with Crippen molar-refractivity contribution >= 4 is 34.5 Å². The van der Waals surface area contributed by atoms with Gasteiger partial charge in [-0.1, -0.05) is 35.9 Å². The van der Waals surface area contributed by atoms with E-state index in [4.69, 9.17) is 20.9 Å². The summed E-state index contributed by atoms with van der Waals surface area (Å²) in [6, 6.07) is 14.0. The minimum absolute atomic E-state index is 0.00460. The van der Waals surface area contributed by atoms with Gasteiger partial charge >= 0.3 is 5.91 Å². The number of carbonyl (C=O) groups excluding carboxylic acids is 1. The summed E-state index contributed by atoms with van der Waals surface area (Å²) in [5, 5.41) is 4.95. The van der Waals surface area contributed by atoms with Crippen molar-refractivity contribution in [1.29, 1.82) is 0 Å². The Hall–Kier alpha value is -4.78. The first-order valence-electron chi connectivity index (χ1n) is 11.6. The van der Waals surface area contributed by atoms with Gasteiger partial charge in [-0.3, -0.25) is 15.0 Å². The Morgan fingerprint density at radius 2 is 1.90 bits per heavy atom. The van der Waals surface area contributed by atoms with Crippen molar-refractivity contribution in [3.8, 4) is 16.9 Å². The summed E-state index contributed by atoms with van der Waals surface area (Å²) in [6.45, 7) is -1.15. The summed E-state index contributed by atoms with van der Waals surface area (Å²) < 4.78 is 66.0. The molecule has 0 unspecified atom stereocenters. The third-order valence-electron chi connectivity index (χ3n) is 5.68. The normalized spacial score (nSPS) is 11.2. The molecule has 0 aliphatic carbocycles. The van der Waals surface area contributed by atoms with Gasteiger partial charge in [-0.05, 0) is 35.9 Å². The molecule has 2 heterocycles. The van der Waals surface area contributed by atoms with Crippen LogP contribution in [0, 0.1) is 11.6 Å². The third-order valence-corrected chi connectivity index (χ3v) is 5.90. The fraction of sp³-hybridized carbons (Fsp3) is 0.115. The molecule has 0 spiro atoms. The zero-order valence-corrected chi connectivity index (χ0v) is 20.9. The largest absolute Gasteiger partial charge is 0.484 e. The number of amides is 1. The maximum Gasteiger partial charge on any atom is 0.308 e. The van der Waals surface area contributed by atoms with E-state index in [-0.39, 0.29) is 40.0 Å². The number of H-pyrrole nitrogens is 1. The molecule has 0 saturated heterocycles. The van der Waals surface area contributed by atoms with Gasteiger partial charge in [0.05, 0.1) is 17.1 Å². The number of halogens is 5. The predicted octanol–water partition coefficient (Wildman–Crippen LogP) is 5.56. The number of imidazole rings is 1. The van der Waals surface area contributed by atoms with Crippen LogP contribution in [-0.4, -0.2) is 33.8 Å². The number of aromatic amines is 1. The van der Waals surface area contributed by atoms with Gasteiger partial charge in [0.25, 0.3) is 12.0 Å². The first-order valence-corrected chi connectivity index (χ1v) is 12.0. The molecule has 14 heteroatoms. The lowest BCUT2D eigenvalue weighted by Crippen LogP contribution is -2.24. The zero-order valence-electron chi connectivity index (χ0n) is 20.2. The van der Waals surface area contributed by atoms with Crippen molar-refractivity contribution in [1.82, 2.24) is 14.8 Å². The monoisotopic (exact) mass is 575 g/mol. The number of hydrogen-bond donors (Lipinski definition) is 3. The summed E-state index contributed by atoms with van der Waals surface area (Å²) in [4.78, 5) is 28.3. The van der Waals surface area contributed by atoms with E-state index in [1.54, 1.807) is 24.3 Å². The molecule has 0 aliphatic rings. The highest BCUT2D eigenvalue weighted by atomic mass is 35.5. The number of nitrogens with one attached hydrogen (secondary N) is 3. The highest BCUT2D eigenvalue weighted by Crippen LogP contribution is 2.36. The second kappa shape index (κ2) is 11.1. The number of anilines is 1. The molecule has 5 aromatic rings. The molecule has 9 nitrogen and oxygen atoms in total. The van der Waals surface area contributed by atoms with Gasteiger partial charge in [-0.2, -0.15) is 5.16 Å². The van der Waals surface area contributed by atoms with E-state index in [0.29, 0.717) is 11.0 Å². The van der Waals surface area contributed by atoms with Crippen molar-refractivity contribution in [2.45, 2.75) is 13.0 Å². The average molecular weight is 576 g/mol. The Labute approximate surface area is 227 Å². The van der Waals surface area contributed by atoms with Crippen molar-refractivity contribution in [2.24, 2.45) is 0 Å². The van der Waals surface area contributed by atoms with Crippen LogP contribution in [0.1, 0.15) is 16.1 Å². The summed E-state index contributed by atoms with van der Waals surface area (Å²) in [5.74, 6) is -2.99. The minimum atomic E-state index is -2.84. The first kappa shape index (κ1) is 26.8. The van der Waals surface area contributed by atoms with Gasteiger partial charge in [-0.15, -0.1) is 0 Å². The molecule has 0 radical (unpaired) electrons. The molecule has 0 aliphatic heterocycles. The SMILES string of the molecule is O=C(Nn1c(NCc2ccc(-c3cc(Cl)cc(F)c3OCC(F)F)cc2F)nc2ccccc21)c1cc(=O)[nH]o1. The van der Waals surface area contributed by atoms with Gasteiger partial charge in [0.1, 0.15) is 12.4 Å². The highest BCUT2D eigenvalue weighted by Gasteiger charge is 2.19. The van der Waals surface area contributed by atoms with Crippen molar-refractivity contribution < 1.29 is 31.6 Å². The number of alkyl halides is 2. The Bertz CT molecular complexity index is 1770. The van der Waals surface area contributed by atoms with Gasteiger partial charge in [0.2, 0.25) is 11.7 Å². The quantitative estimate of drug-likeness (QED) is 0.198. The van der Waals surface area contributed by atoms with Crippen molar-refractivity contribution in [2.75, 3.05) is 17.3 Å². The summed E-state index contributed by atoms with van der Waals surface area (Å²) in [5.41, 5.74) is 3.32. The topological polar surface area (TPSA) is 114 Å². The minimum Gasteiger partial charge on any atom is -0.484 e. The number of fused-ring (bicyclic) bond motifs is 1. The van der Waals surface area contributed by atoms with Crippen LogP contribution in [0.15, 0.2) is 70.0 Å². The maximum atomic E-state index is 15.2. The summed E-state index contributed by atoms with van der Waals surface area (Å²) in [7, 11) is 0. The number of nitrogens with zero attached hydrogens (tertiary/aromatic N) is 2. The van der Waals surface area contributed by atoms with Crippen LogP contribution in [0.2, 0.25) is 5.02 Å². The average Bonchev–Trinajstić information content (AvgIpc) is 3.50. The van der Waals surface area contributed by atoms with Crippen LogP contribution in [0.25, 0.3) is 22.2 Å². The fourth-order valence-corrected chi connectivity index (χ4v) is 4.11. The van der Waals surface area contributed by atoms with E-state index in [9.17, 15) is 22.8 Å². The number of rotatable bonds is 9. The molecule has 206 valence electrons. The van der Waals surface area contributed by atoms with Crippen LogP contribution in [0.4, 0.5) is 23.5 Å². The molecule has 0 bridgehead atoms. The fourth-order valence-electron chi connectivity index (χ4n) is 3.91. The lowest BCUT2D eigenvalue weighted by atomic mass is 10.0. The van der Waals surface area contributed by atoms with E-state index >= 15 is 4.39 Å². The van der Waals surface area contributed by atoms with Crippen molar-refractivity contribution in [3.63, 3.8) is 0 Å². The van der Waals surface area contributed by atoms with Gasteiger partial charge < -0.3 is 14.6 Å². The number of carbonyl (C=O) groups is 1. The standard InChI is InChI=1S/C26H18ClF4N5O4/c27-15-8-16(24(18(29)9-15)39-12-22(30)31)13-5-6-14(17(28)7-13)11-32-26-33-19-3-1-2-4-20(19)36(26)34-25(38)21-10-23(37)35-40-21/h1-10,22H,11-12H2,(H,32,33)(H,34,38)(H,35,37).